The number of esters is 1. The summed E-state index contributed by atoms with van der Waals surface area (Å²) in [6.45, 7) is 8.53. The van der Waals surface area contributed by atoms with Gasteiger partial charge in [0.05, 0.1) is 51.5 Å². The number of nitrogens with zero attached hydrogens (tertiary/aromatic N) is 3. The van der Waals surface area contributed by atoms with Crippen molar-refractivity contribution in [2.24, 2.45) is 5.92 Å². The molecule has 0 N–H and O–H groups in total. The predicted molar refractivity (Wildman–Crippen MR) is 189 cm³/mol. The van der Waals surface area contributed by atoms with Crippen molar-refractivity contribution in [1.29, 1.82) is 0 Å². The number of piperidine rings is 3. The summed E-state index contributed by atoms with van der Waals surface area (Å²) >= 11 is 12.6. The standard InChI is InChI=1S/C37H41Cl2N3O7/c1-23(38)31(24(2)39)18-33(28-10-11-32(46-4)34(16-28)47-5)48-36(43)27-8-6-25(7-9-27)21-42(29-17-30(45-3)20-40-19-29)37(44)49-35-22-41-14-12-26(35)13-15-41/h6-11,16-17,19-20,26,33,35H,1,12-15,18,21-22H2,2-5H3/b31-24+/t33-,35-/m0/s1. The topological polar surface area (TPSA) is 99.7 Å². The highest BCUT2D eigenvalue weighted by Gasteiger charge is 2.37. The number of carbonyl (C=O) groups excluding carboxylic acids is 2. The van der Waals surface area contributed by atoms with Gasteiger partial charge in [-0.05, 0) is 79.7 Å². The van der Waals surface area contributed by atoms with Crippen LogP contribution in [0.3, 0.4) is 0 Å². The molecule has 260 valence electrons. The molecule has 10 nitrogen and oxygen atoms in total. The lowest BCUT2D eigenvalue weighted by molar-refractivity contribution is -0.0311. The molecule has 0 saturated carbocycles. The molecule has 2 bridgehead atoms. The van der Waals surface area contributed by atoms with Crippen LogP contribution >= 0.6 is 23.2 Å². The van der Waals surface area contributed by atoms with E-state index in [2.05, 4.69) is 16.5 Å². The van der Waals surface area contributed by atoms with Crippen LogP contribution in [0.1, 0.15) is 53.8 Å². The minimum Gasteiger partial charge on any atom is -0.495 e. The van der Waals surface area contributed by atoms with Crippen molar-refractivity contribution in [3.05, 3.63) is 99.8 Å². The van der Waals surface area contributed by atoms with Gasteiger partial charge < -0.3 is 23.7 Å². The lowest BCUT2D eigenvalue weighted by atomic mass is 9.86. The summed E-state index contributed by atoms with van der Waals surface area (Å²) in [6.07, 6.45) is 3.99. The number of hydrogen-bond donors (Lipinski definition) is 0. The van der Waals surface area contributed by atoms with E-state index in [9.17, 15) is 9.59 Å². The van der Waals surface area contributed by atoms with Crippen molar-refractivity contribution >= 4 is 41.0 Å². The van der Waals surface area contributed by atoms with Crippen LogP contribution in [0, 0.1) is 5.92 Å². The molecule has 0 radical (unpaired) electrons. The van der Waals surface area contributed by atoms with Crippen LogP contribution in [-0.4, -0.2) is 69.0 Å². The van der Waals surface area contributed by atoms with Gasteiger partial charge >= 0.3 is 12.1 Å². The zero-order valence-electron chi connectivity index (χ0n) is 28.1. The van der Waals surface area contributed by atoms with Crippen LogP contribution in [0.4, 0.5) is 10.5 Å². The van der Waals surface area contributed by atoms with Crippen LogP contribution in [0.25, 0.3) is 0 Å². The number of aromatic nitrogens is 1. The first-order chi connectivity index (χ1) is 23.6. The van der Waals surface area contributed by atoms with Crippen molar-refractivity contribution in [2.45, 2.75) is 44.9 Å². The summed E-state index contributed by atoms with van der Waals surface area (Å²) in [4.78, 5) is 35.4. The first-order valence-electron chi connectivity index (χ1n) is 16.0. The molecule has 49 heavy (non-hydrogen) atoms. The van der Waals surface area contributed by atoms with Gasteiger partial charge in [-0.15, -0.1) is 0 Å². The Balaban J connectivity index is 1.36. The van der Waals surface area contributed by atoms with Crippen LogP contribution in [0.2, 0.25) is 0 Å². The molecule has 6 rings (SSSR count). The summed E-state index contributed by atoms with van der Waals surface area (Å²) in [7, 11) is 4.62. The molecular formula is C37H41Cl2N3O7. The van der Waals surface area contributed by atoms with E-state index in [0.29, 0.717) is 50.6 Å². The van der Waals surface area contributed by atoms with E-state index in [1.54, 1.807) is 82.1 Å². The van der Waals surface area contributed by atoms with E-state index < -0.39 is 18.2 Å². The monoisotopic (exact) mass is 709 g/mol. The number of anilines is 1. The van der Waals surface area contributed by atoms with Crippen molar-refractivity contribution in [2.75, 3.05) is 45.9 Å². The molecule has 1 aromatic heterocycles. The van der Waals surface area contributed by atoms with Gasteiger partial charge in [-0.1, -0.05) is 48.0 Å². The van der Waals surface area contributed by atoms with Crippen molar-refractivity contribution in [3.8, 4) is 17.2 Å². The smallest absolute Gasteiger partial charge is 0.414 e. The third-order valence-electron chi connectivity index (χ3n) is 9.01. The fourth-order valence-electron chi connectivity index (χ4n) is 6.20. The summed E-state index contributed by atoms with van der Waals surface area (Å²) < 4.78 is 28.4. The van der Waals surface area contributed by atoms with Crippen molar-refractivity contribution < 1.29 is 33.3 Å². The van der Waals surface area contributed by atoms with E-state index in [1.165, 1.54) is 12.0 Å². The molecule has 3 fully saturated rings. The summed E-state index contributed by atoms with van der Waals surface area (Å²) in [5.74, 6) is 1.32. The van der Waals surface area contributed by atoms with Gasteiger partial charge in [-0.3, -0.25) is 14.8 Å². The second-order valence-corrected chi connectivity index (χ2v) is 13.1. The number of halogens is 2. The Morgan fingerprint density at radius 2 is 1.69 bits per heavy atom. The Hall–Kier alpha value is -4.25. The average molecular weight is 711 g/mol. The highest BCUT2D eigenvalue weighted by Crippen LogP contribution is 2.37. The third kappa shape index (κ3) is 8.86. The van der Waals surface area contributed by atoms with E-state index in [4.69, 9.17) is 46.9 Å². The molecule has 3 saturated heterocycles. The Kier molecular flexibility index (Phi) is 12.1. The molecule has 1 amide bonds. The Morgan fingerprint density at radius 3 is 2.29 bits per heavy atom. The summed E-state index contributed by atoms with van der Waals surface area (Å²) in [5, 5.41) is 0.690. The first kappa shape index (κ1) is 36.0. The molecule has 3 aliphatic heterocycles. The maximum Gasteiger partial charge on any atom is 0.414 e. The minimum atomic E-state index is -0.775. The lowest BCUT2D eigenvalue weighted by Gasteiger charge is -2.44. The molecule has 3 aromatic rings. The largest absolute Gasteiger partial charge is 0.495 e. The van der Waals surface area contributed by atoms with Gasteiger partial charge in [0.1, 0.15) is 18.0 Å². The maximum absolute atomic E-state index is 13.7. The van der Waals surface area contributed by atoms with E-state index >= 15 is 0 Å². The molecule has 3 aliphatic rings. The molecule has 4 heterocycles. The number of methoxy groups -OCH3 is 3. The molecule has 0 unspecified atom stereocenters. The van der Waals surface area contributed by atoms with E-state index in [1.807, 2.05) is 0 Å². The van der Waals surface area contributed by atoms with Gasteiger partial charge in [0.2, 0.25) is 0 Å². The number of ether oxygens (including phenoxy) is 5. The number of allylic oxidation sites excluding steroid dienone is 2. The number of carbonyl (C=O) groups is 2. The fourth-order valence-corrected chi connectivity index (χ4v) is 6.65. The minimum absolute atomic E-state index is 0.166. The second-order valence-electron chi connectivity index (χ2n) is 12.1. The normalized spacial score (nSPS) is 19.3. The van der Waals surface area contributed by atoms with Crippen molar-refractivity contribution in [1.82, 2.24) is 9.88 Å². The predicted octanol–water partition coefficient (Wildman–Crippen LogP) is 7.90. The second kappa shape index (κ2) is 16.4. The molecule has 12 heteroatoms. The number of pyridine rings is 1. The number of benzene rings is 2. The molecule has 0 spiro atoms. The van der Waals surface area contributed by atoms with Gasteiger partial charge in [-0.25, -0.2) is 9.59 Å². The highest BCUT2D eigenvalue weighted by molar-refractivity contribution is 6.35. The number of hydrogen-bond acceptors (Lipinski definition) is 9. The number of rotatable bonds is 13. The zero-order valence-corrected chi connectivity index (χ0v) is 29.6. The van der Waals surface area contributed by atoms with Crippen LogP contribution < -0.4 is 19.1 Å². The SMILES string of the molecule is C=C(Cl)/C(C[C@H](OC(=O)c1ccc(CN(C(=O)O[C@H]2CN3CCC2CC3)c2cncc(OC)c2)cc1)c1ccc(OC)c(OC)c1)=C(\C)Cl. The quantitative estimate of drug-likeness (QED) is 0.130. The highest BCUT2D eigenvalue weighted by atomic mass is 35.5. The van der Waals surface area contributed by atoms with Gasteiger partial charge in [0.15, 0.2) is 11.5 Å². The molecule has 2 aromatic carbocycles. The van der Waals surface area contributed by atoms with Gasteiger partial charge in [0, 0.05) is 29.1 Å². The van der Waals surface area contributed by atoms with E-state index in [-0.39, 0.29) is 24.1 Å². The number of fused-ring (bicyclic) bond motifs is 3. The summed E-state index contributed by atoms with van der Waals surface area (Å²) in [5.41, 5.74) is 2.83. The first-order valence-corrected chi connectivity index (χ1v) is 16.8. The summed E-state index contributed by atoms with van der Waals surface area (Å²) in [6, 6.07) is 13.9. The molecular weight excluding hydrogens is 669 g/mol. The zero-order chi connectivity index (χ0) is 35.1. The lowest BCUT2D eigenvalue weighted by Crippen LogP contribution is -2.53. The third-order valence-corrected chi connectivity index (χ3v) is 9.46. The van der Waals surface area contributed by atoms with Crippen LogP contribution in [0.5, 0.6) is 17.2 Å². The van der Waals surface area contributed by atoms with Crippen LogP contribution in [0.15, 0.2) is 83.1 Å². The van der Waals surface area contributed by atoms with Gasteiger partial charge in [0.25, 0.3) is 0 Å². The Morgan fingerprint density at radius 1 is 0.980 bits per heavy atom. The maximum atomic E-state index is 13.7. The molecule has 0 aliphatic carbocycles. The van der Waals surface area contributed by atoms with Crippen LogP contribution in [-0.2, 0) is 16.0 Å². The fraction of sp³-hybridized carbons (Fsp3) is 0.378. The number of amides is 1. The Labute approximate surface area is 297 Å². The average Bonchev–Trinajstić information content (AvgIpc) is 3.12. The van der Waals surface area contributed by atoms with E-state index in [0.717, 1.165) is 38.0 Å². The van der Waals surface area contributed by atoms with Crippen molar-refractivity contribution in [3.63, 3.8) is 0 Å². The molecule has 2 atom stereocenters. The van der Waals surface area contributed by atoms with Gasteiger partial charge in [-0.2, -0.15) is 0 Å². The Bertz CT molecular complexity index is 1690.